The molecule has 6 nitrogen and oxygen atoms in total. The van der Waals surface area contributed by atoms with Crippen LogP contribution in [0.15, 0.2) is 42.5 Å². The van der Waals surface area contributed by atoms with Gasteiger partial charge in [0.2, 0.25) is 5.10 Å². The van der Waals surface area contributed by atoms with Crippen LogP contribution in [0, 0.1) is 10.4 Å². The normalized spacial score (nSPS) is 11.8. The van der Waals surface area contributed by atoms with E-state index >= 15 is 0 Å². The highest BCUT2D eigenvalue weighted by Crippen LogP contribution is 2.31. The monoisotopic (exact) mass is 322 g/mol. The zero-order chi connectivity index (χ0) is 16.8. The number of hydrogen-bond donors (Lipinski definition) is 1. The maximum atomic E-state index is 12.6. The SMILES string of the molecule is Nc1n[n+]([O-])c2cc(-c3ccc(C(F)(F)F)cc3)ccc2[n+]1[O-]. The van der Waals surface area contributed by atoms with Gasteiger partial charge in [-0.25, -0.2) is 4.73 Å². The fraction of sp³-hybridized carbons (Fsp3) is 0.0714. The van der Waals surface area contributed by atoms with Crippen LogP contribution in [0.3, 0.4) is 0 Å². The smallest absolute Gasteiger partial charge is 0.458 e. The number of nitrogen functional groups attached to an aromatic ring is 1. The minimum atomic E-state index is -4.42. The van der Waals surface area contributed by atoms with Gasteiger partial charge in [-0.2, -0.15) is 13.2 Å². The Labute approximate surface area is 127 Å². The van der Waals surface area contributed by atoms with Crippen molar-refractivity contribution in [2.45, 2.75) is 6.18 Å². The van der Waals surface area contributed by atoms with E-state index < -0.39 is 17.7 Å². The van der Waals surface area contributed by atoms with Gasteiger partial charge in [0.25, 0.3) is 5.52 Å². The fourth-order valence-corrected chi connectivity index (χ4v) is 2.19. The molecule has 1 aromatic heterocycles. The number of alkyl halides is 3. The second-order valence-corrected chi connectivity index (χ2v) is 4.80. The molecule has 0 saturated heterocycles. The van der Waals surface area contributed by atoms with Crippen molar-refractivity contribution in [1.29, 1.82) is 0 Å². The average molecular weight is 322 g/mol. The van der Waals surface area contributed by atoms with Crippen LogP contribution in [0.1, 0.15) is 5.56 Å². The Balaban J connectivity index is 2.11. The molecular weight excluding hydrogens is 313 g/mol. The van der Waals surface area contributed by atoms with Crippen molar-refractivity contribution in [3.8, 4) is 11.1 Å². The summed E-state index contributed by atoms with van der Waals surface area (Å²) in [6.45, 7) is 0. The molecule has 3 aromatic rings. The summed E-state index contributed by atoms with van der Waals surface area (Å²) in [4.78, 5) is 0.201. The molecule has 1 heterocycles. The molecule has 2 N–H and O–H groups in total. The van der Waals surface area contributed by atoms with Gasteiger partial charge in [-0.3, -0.25) is 5.73 Å². The molecule has 23 heavy (non-hydrogen) atoms. The van der Waals surface area contributed by atoms with E-state index in [0.29, 0.717) is 15.9 Å². The molecule has 3 rings (SSSR count). The van der Waals surface area contributed by atoms with Crippen molar-refractivity contribution >= 4 is 17.0 Å². The first-order chi connectivity index (χ1) is 10.8. The molecule has 0 radical (unpaired) electrons. The summed E-state index contributed by atoms with van der Waals surface area (Å²) < 4.78 is 38.0. The van der Waals surface area contributed by atoms with Crippen molar-refractivity contribution in [3.05, 3.63) is 58.4 Å². The molecule has 0 unspecified atom stereocenters. The lowest BCUT2D eigenvalue weighted by Crippen LogP contribution is -2.44. The minimum Gasteiger partial charge on any atom is -0.739 e. The third-order valence-electron chi connectivity index (χ3n) is 3.35. The van der Waals surface area contributed by atoms with E-state index in [0.717, 1.165) is 12.1 Å². The van der Waals surface area contributed by atoms with Crippen molar-refractivity contribution in [2.75, 3.05) is 5.73 Å². The lowest BCUT2D eigenvalue weighted by Gasteiger charge is -2.09. The highest BCUT2D eigenvalue weighted by atomic mass is 19.4. The summed E-state index contributed by atoms with van der Waals surface area (Å²) in [5, 5.41) is 26.8. The number of nitrogens with zero attached hydrogens (tertiary/aromatic N) is 3. The predicted octanol–water partition coefficient (Wildman–Crippen LogP) is 1.77. The number of benzene rings is 2. The Hall–Kier alpha value is -3.10. The fourth-order valence-electron chi connectivity index (χ4n) is 2.19. The van der Waals surface area contributed by atoms with E-state index in [1.807, 2.05) is 0 Å². The molecule has 0 saturated carbocycles. The largest absolute Gasteiger partial charge is 0.739 e. The van der Waals surface area contributed by atoms with Gasteiger partial charge in [0.05, 0.1) is 5.56 Å². The molecule has 0 aliphatic rings. The van der Waals surface area contributed by atoms with E-state index in [9.17, 15) is 23.6 Å². The van der Waals surface area contributed by atoms with Gasteiger partial charge >= 0.3 is 12.1 Å². The lowest BCUT2D eigenvalue weighted by atomic mass is 10.0. The number of rotatable bonds is 1. The lowest BCUT2D eigenvalue weighted by molar-refractivity contribution is -0.671. The van der Waals surface area contributed by atoms with E-state index in [2.05, 4.69) is 5.10 Å². The summed E-state index contributed by atoms with van der Waals surface area (Å²) in [6, 6.07) is 8.70. The highest BCUT2D eigenvalue weighted by Gasteiger charge is 2.30. The van der Waals surface area contributed by atoms with E-state index in [-0.39, 0.29) is 15.9 Å². The molecule has 2 aromatic carbocycles. The second kappa shape index (κ2) is 4.97. The molecule has 118 valence electrons. The van der Waals surface area contributed by atoms with Gasteiger partial charge in [-0.05, 0) is 29.3 Å². The second-order valence-electron chi connectivity index (χ2n) is 4.80. The van der Waals surface area contributed by atoms with Gasteiger partial charge in [0.15, 0.2) is 5.52 Å². The third-order valence-corrected chi connectivity index (χ3v) is 3.35. The van der Waals surface area contributed by atoms with Crippen LogP contribution in [-0.4, -0.2) is 5.10 Å². The molecule has 0 aliphatic heterocycles. The van der Waals surface area contributed by atoms with Crippen molar-refractivity contribution in [2.24, 2.45) is 0 Å². The highest BCUT2D eigenvalue weighted by molar-refractivity contribution is 5.77. The minimum absolute atomic E-state index is 0.0168. The van der Waals surface area contributed by atoms with E-state index in [4.69, 9.17) is 5.73 Å². The molecule has 0 aliphatic carbocycles. The predicted molar refractivity (Wildman–Crippen MR) is 74.5 cm³/mol. The van der Waals surface area contributed by atoms with Crippen LogP contribution in [-0.2, 0) is 6.18 Å². The standard InChI is InChI=1S/C14H9F3N4O2/c15-14(16,17)10-4-1-8(2-5-10)9-3-6-11-12(7-9)21(23)19-13(18)20(11)22/h1-7H,(H2,18,19). The average Bonchev–Trinajstić information content (AvgIpc) is 2.51. The summed E-state index contributed by atoms with van der Waals surface area (Å²) in [5.74, 6) is -0.491. The Bertz CT molecular complexity index is 895. The van der Waals surface area contributed by atoms with Gasteiger partial charge in [0, 0.05) is 10.9 Å². The Morgan fingerprint density at radius 3 is 2.13 bits per heavy atom. The summed E-state index contributed by atoms with van der Waals surface area (Å²) in [5.41, 5.74) is 5.46. The Morgan fingerprint density at radius 2 is 1.52 bits per heavy atom. The van der Waals surface area contributed by atoms with E-state index in [1.165, 1.54) is 30.3 Å². The number of halogens is 3. The molecule has 0 spiro atoms. The number of aromatic nitrogens is 3. The Kier molecular flexibility index (Phi) is 3.20. The van der Waals surface area contributed by atoms with Crippen LogP contribution in [0.5, 0.6) is 0 Å². The number of nitrogens with two attached hydrogens (primary N) is 1. The molecule has 0 bridgehead atoms. The molecule has 0 fully saturated rings. The van der Waals surface area contributed by atoms with E-state index in [1.54, 1.807) is 0 Å². The first-order valence-electron chi connectivity index (χ1n) is 6.37. The maximum absolute atomic E-state index is 12.6. The molecule has 0 amide bonds. The zero-order valence-electron chi connectivity index (χ0n) is 11.4. The summed E-state index contributed by atoms with van der Waals surface area (Å²) in [7, 11) is 0. The van der Waals surface area contributed by atoms with Crippen LogP contribution >= 0.6 is 0 Å². The first-order valence-corrected chi connectivity index (χ1v) is 6.37. The maximum Gasteiger partial charge on any atom is 0.458 e. The van der Waals surface area contributed by atoms with Gasteiger partial charge < -0.3 is 10.4 Å². The van der Waals surface area contributed by atoms with Gasteiger partial charge in [-0.1, -0.05) is 18.2 Å². The Morgan fingerprint density at radius 1 is 0.913 bits per heavy atom. The van der Waals surface area contributed by atoms with Gasteiger partial charge in [-0.15, -0.1) is 0 Å². The zero-order valence-corrected chi connectivity index (χ0v) is 11.4. The summed E-state index contributed by atoms with van der Waals surface area (Å²) >= 11 is 0. The van der Waals surface area contributed by atoms with Crippen molar-refractivity contribution in [1.82, 2.24) is 5.10 Å². The number of hydrogen-bond acceptors (Lipinski definition) is 4. The van der Waals surface area contributed by atoms with Crippen LogP contribution in [0.4, 0.5) is 19.1 Å². The first kappa shape index (κ1) is 14.8. The van der Waals surface area contributed by atoms with Crippen molar-refractivity contribution in [3.63, 3.8) is 0 Å². The van der Waals surface area contributed by atoms with Crippen LogP contribution in [0.2, 0.25) is 0 Å². The topological polar surface area (TPSA) is 92.8 Å². The number of fused-ring (bicyclic) bond motifs is 1. The summed E-state index contributed by atoms with van der Waals surface area (Å²) in [6.07, 6.45) is -4.42. The third kappa shape index (κ3) is 2.56. The molecule has 9 heteroatoms. The molecule has 0 atom stereocenters. The van der Waals surface area contributed by atoms with Crippen molar-refractivity contribution < 1.29 is 22.7 Å². The quantitative estimate of drug-likeness (QED) is 0.546. The van der Waals surface area contributed by atoms with Crippen LogP contribution < -0.4 is 15.3 Å². The molecular formula is C14H9F3N4O2. The number of anilines is 1. The van der Waals surface area contributed by atoms with Gasteiger partial charge in [0.1, 0.15) is 0 Å². The van der Waals surface area contributed by atoms with Crippen LogP contribution in [0.25, 0.3) is 22.2 Å².